The zero-order valence-corrected chi connectivity index (χ0v) is 15.8. The number of carbonyl (C=O) groups excluding carboxylic acids is 2. The third-order valence-corrected chi connectivity index (χ3v) is 5.15. The molecule has 0 bridgehead atoms. The normalized spacial score (nSPS) is 17.3. The first-order chi connectivity index (χ1) is 13.0. The highest BCUT2D eigenvalue weighted by molar-refractivity contribution is 6.35. The molecule has 5 nitrogen and oxygen atoms in total. The topological polar surface area (TPSA) is 65.2 Å². The Hall–Kier alpha value is -2.34. The second-order valence-electron chi connectivity index (χ2n) is 6.52. The molecular formula is C20H17Cl2N3O2. The van der Waals surface area contributed by atoms with Gasteiger partial charge in [-0.3, -0.25) is 9.59 Å². The Balaban J connectivity index is 1.43. The van der Waals surface area contributed by atoms with Crippen LogP contribution in [0.1, 0.15) is 12.0 Å². The number of nitrogens with one attached hydrogen (secondary N) is 2. The molecule has 2 aromatic carbocycles. The maximum atomic E-state index is 12.7. The van der Waals surface area contributed by atoms with Gasteiger partial charge in [0.2, 0.25) is 5.91 Å². The van der Waals surface area contributed by atoms with Crippen LogP contribution in [0.2, 0.25) is 10.0 Å². The number of rotatable bonds is 5. The monoisotopic (exact) mass is 401 g/mol. The van der Waals surface area contributed by atoms with E-state index in [2.05, 4.69) is 16.4 Å². The molecule has 1 atom stereocenters. The molecule has 0 radical (unpaired) electrons. The number of amides is 2. The van der Waals surface area contributed by atoms with Crippen LogP contribution in [0.15, 0.2) is 48.7 Å². The molecule has 1 aromatic heterocycles. The molecule has 0 saturated carbocycles. The molecule has 27 heavy (non-hydrogen) atoms. The van der Waals surface area contributed by atoms with Crippen LogP contribution < -0.4 is 10.2 Å². The Morgan fingerprint density at radius 1 is 1.11 bits per heavy atom. The van der Waals surface area contributed by atoms with Gasteiger partial charge in [-0.1, -0.05) is 41.4 Å². The number of para-hydroxylation sites is 1. The predicted molar refractivity (Wildman–Crippen MR) is 107 cm³/mol. The van der Waals surface area contributed by atoms with E-state index in [1.807, 2.05) is 24.4 Å². The van der Waals surface area contributed by atoms with Gasteiger partial charge in [0.1, 0.15) is 0 Å². The van der Waals surface area contributed by atoms with Crippen molar-refractivity contribution in [2.24, 2.45) is 0 Å². The van der Waals surface area contributed by atoms with Gasteiger partial charge >= 0.3 is 0 Å². The first-order valence-electron chi connectivity index (χ1n) is 8.64. The summed E-state index contributed by atoms with van der Waals surface area (Å²) in [6, 6.07) is 12.2. The third-order valence-electron chi connectivity index (χ3n) is 4.71. The molecule has 1 fully saturated rings. The van der Waals surface area contributed by atoms with E-state index in [-0.39, 0.29) is 18.2 Å². The lowest BCUT2D eigenvalue weighted by Crippen LogP contribution is -2.39. The third kappa shape index (κ3) is 3.58. The summed E-state index contributed by atoms with van der Waals surface area (Å²) in [6.07, 6.45) is 2.86. The molecule has 0 aliphatic carbocycles. The Morgan fingerprint density at radius 2 is 1.85 bits per heavy atom. The van der Waals surface area contributed by atoms with Crippen LogP contribution in [-0.2, 0) is 16.0 Å². The smallest absolute Gasteiger partial charge is 0.251 e. The first kappa shape index (κ1) is 18.0. The molecule has 7 heteroatoms. The van der Waals surface area contributed by atoms with Gasteiger partial charge in [0.15, 0.2) is 0 Å². The van der Waals surface area contributed by atoms with E-state index in [1.165, 1.54) is 10.9 Å². The van der Waals surface area contributed by atoms with Crippen LogP contribution >= 0.6 is 23.2 Å². The van der Waals surface area contributed by atoms with Crippen LogP contribution in [0.5, 0.6) is 0 Å². The molecule has 1 aliphatic heterocycles. The number of hydrogen-bond acceptors (Lipinski definition) is 3. The summed E-state index contributed by atoms with van der Waals surface area (Å²) in [7, 11) is 0. The lowest BCUT2D eigenvalue weighted by molar-refractivity contribution is -0.121. The number of fused-ring (bicyclic) bond motifs is 1. The first-order valence-corrected chi connectivity index (χ1v) is 9.40. The number of hydrogen-bond donors (Lipinski definition) is 2. The van der Waals surface area contributed by atoms with E-state index in [1.54, 1.807) is 18.2 Å². The average molecular weight is 402 g/mol. The highest BCUT2D eigenvalue weighted by Crippen LogP contribution is 2.29. The van der Waals surface area contributed by atoms with Crippen molar-refractivity contribution < 1.29 is 9.59 Å². The second kappa shape index (κ2) is 7.35. The van der Waals surface area contributed by atoms with E-state index in [4.69, 9.17) is 23.2 Å². The van der Waals surface area contributed by atoms with E-state index < -0.39 is 6.04 Å². The van der Waals surface area contributed by atoms with E-state index in [0.29, 0.717) is 22.3 Å². The number of aromatic nitrogens is 1. The van der Waals surface area contributed by atoms with Crippen molar-refractivity contribution in [1.29, 1.82) is 0 Å². The highest BCUT2D eigenvalue weighted by Gasteiger charge is 2.39. The summed E-state index contributed by atoms with van der Waals surface area (Å²) in [5.74, 6) is -0.541. The van der Waals surface area contributed by atoms with E-state index in [0.717, 1.165) is 16.8 Å². The van der Waals surface area contributed by atoms with Crippen molar-refractivity contribution in [3.8, 4) is 0 Å². The number of imide groups is 1. The van der Waals surface area contributed by atoms with Crippen molar-refractivity contribution in [3.05, 3.63) is 64.3 Å². The van der Waals surface area contributed by atoms with Crippen molar-refractivity contribution >= 4 is 51.6 Å². The molecule has 0 unspecified atom stereocenters. The number of nitrogens with zero attached hydrogens (tertiary/aromatic N) is 1. The number of H-pyrrole nitrogens is 1. The van der Waals surface area contributed by atoms with Crippen LogP contribution in [0.25, 0.3) is 10.9 Å². The predicted octanol–water partition coefficient (Wildman–Crippen LogP) is 3.94. The molecule has 2 N–H and O–H groups in total. The van der Waals surface area contributed by atoms with Crippen molar-refractivity contribution in [3.63, 3.8) is 0 Å². The molecule has 138 valence electrons. The SMILES string of the molecule is O=C1C[C@H](NCCc2c[nH]c3ccccc23)C(=O)N1c1cc(Cl)cc(Cl)c1. The van der Waals surface area contributed by atoms with Gasteiger partial charge in [0, 0.05) is 33.7 Å². The molecule has 0 spiro atoms. The number of halogens is 2. The second-order valence-corrected chi connectivity index (χ2v) is 7.39. The number of anilines is 1. The van der Waals surface area contributed by atoms with Crippen molar-refractivity contribution in [1.82, 2.24) is 10.3 Å². The lowest BCUT2D eigenvalue weighted by atomic mass is 10.1. The van der Waals surface area contributed by atoms with Gasteiger partial charge in [0.05, 0.1) is 18.2 Å². The zero-order chi connectivity index (χ0) is 19.0. The van der Waals surface area contributed by atoms with Gasteiger partial charge < -0.3 is 10.3 Å². The minimum absolute atomic E-state index is 0.122. The summed E-state index contributed by atoms with van der Waals surface area (Å²) < 4.78 is 0. The average Bonchev–Trinajstić information content (AvgIpc) is 3.15. The molecule has 4 rings (SSSR count). The van der Waals surface area contributed by atoms with Crippen molar-refractivity contribution in [2.45, 2.75) is 18.9 Å². The molecule has 1 saturated heterocycles. The summed E-state index contributed by atoms with van der Waals surface area (Å²) in [5, 5.41) is 5.14. The Labute approximate surface area is 166 Å². The maximum absolute atomic E-state index is 12.7. The van der Waals surface area contributed by atoms with Gasteiger partial charge in [-0.25, -0.2) is 4.90 Å². The molecule has 3 aromatic rings. The van der Waals surface area contributed by atoms with Gasteiger partial charge in [-0.15, -0.1) is 0 Å². The van der Waals surface area contributed by atoms with Crippen LogP contribution in [-0.4, -0.2) is 29.4 Å². The molecule has 1 aliphatic rings. The highest BCUT2D eigenvalue weighted by atomic mass is 35.5. The molecule has 2 amide bonds. The number of benzene rings is 2. The fourth-order valence-corrected chi connectivity index (χ4v) is 3.97. The maximum Gasteiger partial charge on any atom is 0.251 e. The van der Waals surface area contributed by atoms with Gasteiger partial charge in [0.25, 0.3) is 5.91 Å². The number of aromatic amines is 1. The summed E-state index contributed by atoms with van der Waals surface area (Å²) in [4.78, 5) is 29.4. The van der Waals surface area contributed by atoms with E-state index in [9.17, 15) is 9.59 Å². The minimum atomic E-state index is -0.541. The Kier molecular flexibility index (Phi) is 4.91. The largest absolute Gasteiger partial charge is 0.361 e. The van der Waals surface area contributed by atoms with Crippen LogP contribution in [0, 0.1) is 0 Å². The van der Waals surface area contributed by atoms with Crippen LogP contribution in [0.4, 0.5) is 5.69 Å². The standard InChI is InChI=1S/C20H17Cl2N3O2/c21-13-7-14(22)9-15(8-13)25-19(26)10-18(20(25)27)23-6-5-12-11-24-17-4-2-1-3-16(12)17/h1-4,7-9,11,18,23-24H,5-6,10H2/t18-/m0/s1. The Bertz CT molecular complexity index is 1010. The molecule has 2 heterocycles. The fourth-order valence-electron chi connectivity index (χ4n) is 3.45. The Morgan fingerprint density at radius 3 is 2.63 bits per heavy atom. The summed E-state index contributed by atoms with van der Waals surface area (Å²) in [6.45, 7) is 0.593. The lowest BCUT2D eigenvalue weighted by Gasteiger charge is -2.16. The van der Waals surface area contributed by atoms with E-state index >= 15 is 0 Å². The summed E-state index contributed by atoms with van der Waals surface area (Å²) >= 11 is 12.0. The zero-order valence-electron chi connectivity index (χ0n) is 14.3. The van der Waals surface area contributed by atoms with Crippen molar-refractivity contribution in [2.75, 3.05) is 11.4 Å². The summed E-state index contributed by atoms with van der Waals surface area (Å²) in [5.41, 5.74) is 2.67. The molecular weight excluding hydrogens is 385 g/mol. The van der Waals surface area contributed by atoms with Gasteiger partial charge in [-0.2, -0.15) is 0 Å². The minimum Gasteiger partial charge on any atom is -0.361 e. The number of carbonyl (C=O) groups is 2. The van der Waals surface area contributed by atoms with Gasteiger partial charge in [-0.05, 0) is 36.2 Å². The quantitative estimate of drug-likeness (QED) is 0.636. The van der Waals surface area contributed by atoms with Crippen LogP contribution in [0.3, 0.4) is 0 Å². The fraction of sp³-hybridized carbons (Fsp3) is 0.200.